The molecule has 108 valence electrons. The Labute approximate surface area is 132 Å². The molecule has 0 bridgehead atoms. The van der Waals surface area contributed by atoms with Crippen molar-refractivity contribution in [2.24, 2.45) is 5.73 Å². The van der Waals surface area contributed by atoms with Crippen LogP contribution in [-0.2, 0) is 6.54 Å². The molecule has 0 spiro atoms. The van der Waals surface area contributed by atoms with E-state index in [4.69, 9.17) is 10.5 Å². The molecule has 20 heavy (non-hydrogen) atoms. The van der Waals surface area contributed by atoms with E-state index in [2.05, 4.69) is 51.5 Å². The summed E-state index contributed by atoms with van der Waals surface area (Å²) in [6.07, 6.45) is 0. The summed E-state index contributed by atoms with van der Waals surface area (Å²) in [4.78, 5) is 3.60. The summed E-state index contributed by atoms with van der Waals surface area (Å²) < 4.78 is 6.33. The summed E-state index contributed by atoms with van der Waals surface area (Å²) in [5.74, 6) is 0.870. The van der Waals surface area contributed by atoms with Crippen molar-refractivity contribution in [3.63, 3.8) is 0 Å². The van der Waals surface area contributed by atoms with Crippen molar-refractivity contribution < 1.29 is 4.74 Å². The molecule has 0 saturated heterocycles. The summed E-state index contributed by atoms with van der Waals surface area (Å²) in [6, 6.07) is 10.5. The molecule has 1 atom stereocenters. The second kappa shape index (κ2) is 7.22. The van der Waals surface area contributed by atoms with Gasteiger partial charge >= 0.3 is 0 Å². The van der Waals surface area contributed by atoms with Gasteiger partial charge in [-0.05, 0) is 46.7 Å². The highest BCUT2D eigenvalue weighted by Gasteiger charge is 2.16. The average Bonchev–Trinajstić information content (AvgIpc) is 2.85. The third-order valence-electron chi connectivity index (χ3n) is 3.28. The third-order valence-corrected chi connectivity index (χ3v) is 4.97. The second-order valence-electron chi connectivity index (χ2n) is 4.67. The van der Waals surface area contributed by atoms with Crippen LogP contribution in [-0.4, -0.2) is 25.6 Å². The molecule has 0 aliphatic heterocycles. The van der Waals surface area contributed by atoms with E-state index in [1.165, 1.54) is 10.4 Å². The minimum atomic E-state index is 0.210. The van der Waals surface area contributed by atoms with Crippen LogP contribution in [0.15, 0.2) is 40.2 Å². The molecule has 1 unspecified atom stereocenters. The zero-order chi connectivity index (χ0) is 14.5. The molecular weight excluding hydrogens is 336 g/mol. The van der Waals surface area contributed by atoms with Crippen LogP contribution in [0.2, 0.25) is 0 Å². The van der Waals surface area contributed by atoms with Crippen molar-refractivity contribution in [1.82, 2.24) is 4.90 Å². The van der Waals surface area contributed by atoms with Gasteiger partial charge in [-0.15, -0.1) is 11.3 Å². The molecule has 0 saturated carbocycles. The van der Waals surface area contributed by atoms with Crippen LogP contribution < -0.4 is 10.5 Å². The largest absolute Gasteiger partial charge is 0.497 e. The smallest absolute Gasteiger partial charge is 0.118 e. The van der Waals surface area contributed by atoms with Crippen molar-refractivity contribution >= 4 is 27.3 Å². The lowest BCUT2D eigenvalue weighted by Gasteiger charge is -2.27. The highest BCUT2D eigenvalue weighted by atomic mass is 79.9. The Hall–Kier alpha value is -0.880. The molecule has 1 aromatic heterocycles. The quantitative estimate of drug-likeness (QED) is 0.860. The molecule has 1 aromatic carbocycles. The molecule has 2 N–H and O–H groups in total. The lowest BCUT2D eigenvalue weighted by Crippen LogP contribution is -2.29. The van der Waals surface area contributed by atoms with Crippen LogP contribution in [0.5, 0.6) is 5.75 Å². The summed E-state index contributed by atoms with van der Waals surface area (Å²) in [5, 5.41) is 2.11. The van der Waals surface area contributed by atoms with E-state index in [0.29, 0.717) is 6.54 Å². The highest BCUT2D eigenvalue weighted by molar-refractivity contribution is 9.10. The van der Waals surface area contributed by atoms with Gasteiger partial charge in [0.05, 0.1) is 7.11 Å². The number of halogens is 1. The van der Waals surface area contributed by atoms with Gasteiger partial charge in [0.2, 0.25) is 0 Å². The number of hydrogen-bond donors (Lipinski definition) is 1. The maximum atomic E-state index is 5.96. The molecule has 0 aliphatic rings. The fourth-order valence-electron chi connectivity index (χ4n) is 2.19. The van der Waals surface area contributed by atoms with E-state index in [9.17, 15) is 0 Å². The van der Waals surface area contributed by atoms with Gasteiger partial charge in [0.1, 0.15) is 5.75 Å². The maximum Gasteiger partial charge on any atom is 0.118 e. The standard InChI is InChI=1S/C15H19BrN2OS/c1-18(9-14-7-12(16)10-20-14)15(8-17)11-3-5-13(19-2)6-4-11/h3-7,10,15H,8-9,17H2,1-2H3. The first kappa shape index (κ1) is 15.5. The van der Waals surface area contributed by atoms with Gasteiger partial charge in [-0.1, -0.05) is 12.1 Å². The molecule has 0 fully saturated rings. The van der Waals surface area contributed by atoms with Gasteiger partial charge in [0, 0.05) is 33.9 Å². The Bertz CT molecular complexity index is 541. The van der Waals surface area contributed by atoms with Crippen LogP contribution >= 0.6 is 27.3 Å². The molecule has 0 aliphatic carbocycles. The number of methoxy groups -OCH3 is 1. The van der Waals surface area contributed by atoms with Crippen LogP contribution in [0, 0.1) is 0 Å². The fourth-order valence-corrected chi connectivity index (χ4v) is 3.70. The topological polar surface area (TPSA) is 38.5 Å². The molecule has 5 heteroatoms. The highest BCUT2D eigenvalue weighted by Crippen LogP contribution is 2.26. The second-order valence-corrected chi connectivity index (χ2v) is 6.58. The number of rotatable bonds is 6. The van der Waals surface area contributed by atoms with Crippen LogP contribution in [0.4, 0.5) is 0 Å². The zero-order valence-corrected chi connectivity index (χ0v) is 14.1. The van der Waals surface area contributed by atoms with Gasteiger partial charge in [-0.3, -0.25) is 4.90 Å². The molecule has 2 aromatic rings. The molecule has 3 nitrogen and oxygen atoms in total. The molecule has 1 heterocycles. The van der Waals surface area contributed by atoms with Crippen LogP contribution in [0.1, 0.15) is 16.5 Å². The number of thiophene rings is 1. The predicted molar refractivity (Wildman–Crippen MR) is 88.3 cm³/mol. The van der Waals surface area contributed by atoms with E-state index in [1.807, 2.05) is 12.1 Å². The Kier molecular flexibility index (Phi) is 5.60. The van der Waals surface area contributed by atoms with E-state index < -0.39 is 0 Å². The normalized spacial score (nSPS) is 12.7. The van der Waals surface area contributed by atoms with Gasteiger partial charge in [-0.25, -0.2) is 0 Å². The number of ether oxygens (including phenoxy) is 1. The Morgan fingerprint density at radius 2 is 2.05 bits per heavy atom. The lowest BCUT2D eigenvalue weighted by atomic mass is 10.1. The molecule has 0 amide bonds. The number of nitrogens with two attached hydrogens (primary N) is 1. The average molecular weight is 355 g/mol. The van der Waals surface area contributed by atoms with Crippen molar-refractivity contribution in [2.75, 3.05) is 20.7 Å². The summed E-state index contributed by atoms with van der Waals surface area (Å²) in [6.45, 7) is 1.49. The van der Waals surface area contributed by atoms with Gasteiger partial charge in [0.25, 0.3) is 0 Å². The van der Waals surface area contributed by atoms with Gasteiger partial charge in [-0.2, -0.15) is 0 Å². The van der Waals surface area contributed by atoms with E-state index in [1.54, 1.807) is 18.4 Å². The number of benzene rings is 1. The molecular formula is C15H19BrN2OS. The van der Waals surface area contributed by atoms with Crippen molar-refractivity contribution in [3.8, 4) is 5.75 Å². The maximum absolute atomic E-state index is 5.96. The van der Waals surface area contributed by atoms with E-state index in [0.717, 1.165) is 16.8 Å². The van der Waals surface area contributed by atoms with Crippen LogP contribution in [0.3, 0.4) is 0 Å². The monoisotopic (exact) mass is 354 g/mol. The first-order chi connectivity index (χ1) is 9.63. The molecule has 2 rings (SSSR count). The first-order valence-electron chi connectivity index (χ1n) is 6.41. The fraction of sp³-hybridized carbons (Fsp3) is 0.333. The number of hydrogen-bond acceptors (Lipinski definition) is 4. The first-order valence-corrected chi connectivity index (χ1v) is 8.08. The zero-order valence-electron chi connectivity index (χ0n) is 11.7. The van der Waals surface area contributed by atoms with Gasteiger partial charge < -0.3 is 10.5 Å². The van der Waals surface area contributed by atoms with Crippen LogP contribution in [0.25, 0.3) is 0 Å². The van der Waals surface area contributed by atoms with Crippen molar-refractivity contribution in [3.05, 3.63) is 50.6 Å². The summed E-state index contributed by atoms with van der Waals surface area (Å²) in [7, 11) is 3.78. The van der Waals surface area contributed by atoms with Crippen molar-refractivity contribution in [2.45, 2.75) is 12.6 Å². The Morgan fingerprint density at radius 1 is 1.35 bits per heavy atom. The lowest BCUT2D eigenvalue weighted by molar-refractivity contribution is 0.243. The van der Waals surface area contributed by atoms with Crippen molar-refractivity contribution in [1.29, 1.82) is 0 Å². The predicted octanol–water partition coefficient (Wildman–Crippen LogP) is 3.65. The van der Waals surface area contributed by atoms with Gasteiger partial charge in [0.15, 0.2) is 0 Å². The minimum absolute atomic E-state index is 0.210. The third kappa shape index (κ3) is 3.82. The summed E-state index contributed by atoms with van der Waals surface area (Å²) in [5.41, 5.74) is 7.17. The summed E-state index contributed by atoms with van der Waals surface area (Å²) >= 11 is 5.25. The van der Waals surface area contributed by atoms with E-state index >= 15 is 0 Å². The van der Waals surface area contributed by atoms with E-state index in [-0.39, 0.29) is 6.04 Å². The minimum Gasteiger partial charge on any atom is -0.497 e. The Balaban J connectivity index is 2.09. The Morgan fingerprint density at radius 3 is 2.55 bits per heavy atom. The SMILES string of the molecule is COc1ccc(C(CN)N(C)Cc2cc(Br)cs2)cc1. The number of likely N-dealkylation sites (N-methyl/N-ethyl adjacent to an activating group) is 1. The number of nitrogens with zero attached hydrogens (tertiary/aromatic N) is 1. The molecule has 0 radical (unpaired) electrons.